The van der Waals surface area contributed by atoms with Gasteiger partial charge in [0, 0.05) is 17.8 Å². The fourth-order valence-corrected chi connectivity index (χ4v) is 1.55. The Morgan fingerprint density at radius 3 is 2.44 bits per heavy atom. The van der Waals surface area contributed by atoms with Crippen molar-refractivity contribution in [2.75, 3.05) is 11.9 Å². The maximum absolute atomic E-state index is 5.74. The minimum absolute atomic E-state index is 0.0552. The molecule has 0 saturated heterocycles. The molecule has 1 aromatic carbocycles. The van der Waals surface area contributed by atoms with Crippen molar-refractivity contribution in [1.82, 2.24) is 0 Å². The molecule has 0 unspecified atom stereocenters. The maximum Gasteiger partial charge on any atom is 0.0439 e. The standard InChI is InChI=1S/C14H24N2/c1-10(2)12-7-6-11(3)13(8-12)16-14(4,5)9-15/h6-8,10,16H,9,15H2,1-5H3. The van der Waals surface area contributed by atoms with E-state index in [1.165, 1.54) is 16.8 Å². The SMILES string of the molecule is Cc1ccc(C(C)C)cc1NC(C)(C)CN. The van der Waals surface area contributed by atoms with Crippen LogP contribution in [0.1, 0.15) is 44.7 Å². The third kappa shape index (κ3) is 3.24. The van der Waals surface area contributed by atoms with E-state index in [4.69, 9.17) is 5.73 Å². The van der Waals surface area contributed by atoms with E-state index < -0.39 is 0 Å². The summed E-state index contributed by atoms with van der Waals surface area (Å²) in [6.07, 6.45) is 0. The zero-order chi connectivity index (χ0) is 12.3. The van der Waals surface area contributed by atoms with Crippen LogP contribution in [-0.4, -0.2) is 12.1 Å². The first kappa shape index (κ1) is 13.0. The summed E-state index contributed by atoms with van der Waals surface area (Å²) in [5.41, 5.74) is 9.51. The molecule has 16 heavy (non-hydrogen) atoms. The van der Waals surface area contributed by atoms with Crippen LogP contribution in [0.2, 0.25) is 0 Å². The van der Waals surface area contributed by atoms with Crippen molar-refractivity contribution < 1.29 is 0 Å². The number of benzene rings is 1. The second kappa shape index (κ2) is 4.88. The molecule has 0 aliphatic rings. The average molecular weight is 220 g/mol. The van der Waals surface area contributed by atoms with Crippen LogP contribution in [-0.2, 0) is 0 Å². The van der Waals surface area contributed by atoms with Gasteiger partial charge in [0.2, 0.25) is 0 Å². The number of rotatable bonds is 4. The Bertz CT molecular complexity index is 354. The predicted molar refractivity (Wildman–Crippen MR) is 72.0 cm³/mol. The molecule has 0 radical (unpaired) electrons. The van der Waals surface area contributed by atoms with Crippen LogP contribution >= 0.6 is 0 Å². The first-order valence-corrected chi connectivity index (χ1v) is 5.94. The van der Waals surface area contributed by atoms with Crippen LogP contribution in [0.3, 0.4) is 0 Å². The van der Waals surface area contributed by atoms with E-state index >= 15 is 0 Å². The summed E-state index contributed by atoms with van der Waals surface area (Å²) in [6, 6.07) is 6.60. The van der Waals surface area contributed by atoms with Gasteiger partial charge < -0.3 is 11.1 Å². The third-order valence-corrected chi connectivity index (χ3v) is 2.91. The van der Waals surface area contributed by atoms with Gasteiger partial charge in [-0.15, -0.1) is 0 Å². The van der Waals surface area contributed by atoms with Crippen LogP contribution in [0.15, 0.2) is 18.2 Å². The Morgan fingerprint density at radius 1 is 1.31 bits per heavy atom. The van der Waals surface area contributed by atoms with Crippen molar-refractivity contribution in [2.24, 2.45) is 5.73 Å². The van der Waals surface area contributed by atoms with Crippen LogP contribution in [0.25, 0.3) is 0 Å². The van der Waals surface area contributed by atoms with Crippen molar-refractivity contribution in [3.8, 4) is 0 Å². The minimum Gasteiger partial charge on any atom is -0.379 e. The van der Waals surface area contributed by atoms with E-state index in [-0.39, 0.29) is 5.54 Å². The Morgan fingerprint density at radius 2 is 1.94 bits per heavy atom. The highest BCUT2D eigenvalue weighted by Gasteiger charge is 2.16. The van der Waals surface area contributed by atoms with Crippen molar-refractivity contribution >= 4 is 5.69 Å². The molecule has 0 aromatic heterocycles. The second-order valence-corrected chi connectivity index (χ2v) is 5.44. The molecule has 2 heteroatoms. The lowest BCUT2D eigenvalue weighted by Gasteiger charge is -2.27. The van der Waals surface area contributed by atoms with E-state index in [0.717, 1.165) is 0 Å². The van der Waals surface area contributed by atoms with Gasteiger partial charge in [-0.25, -0.2) is 0 Å². The van der Waals surface area contributed by atoms with E-state index in [0.29, 0.717) is 12.5 Å². The van der Waals surface area contributed by atoms with Crippen LogP contribution < -0.4 is 11.1 Å². The van der Waals surface area contributed by atoms with E-state index in [9.17, 15) is 0 Å². The molecule has 0 amide bonds. The quantitative estimate of drug-likeness (QED) is 0.817. The zero-order valence-corrected chi connectivity index (χ0v) is 11.1. The number of hydrogen-bond donors (Lipinski definition) is 2. The zero-order valence-electron chi connectivity index (χ0n) is 11.1. The van der Waals surface area contributed by atoms with Gasteiger partial charge in [-0.2, -0.15) is 0 Å². The Labute approximate surface area is 99.2 Å². The summed E-state index contributed by atoms with van der Waals surface area (Å²) in [7, 11) is 0. The lowest BCUT2D eigenvalue weighted by Crippen LogP contribution is -2.39. The largest absolute Gasteiger partial charge is 0.379 e. The summed E-state index contributed by atoms with van der Waals surface area (Å²) in [6.45, 7) is 11.4. The Hall–Kier alpha value is -1.02. The maximum atomic E-state index is 5.74. The van der Waals surface area contributed by atoms with E-state index in [1.807, 2.05) is 0 Å². The molecule has 2 nitrogen and oxygen atoms in total. The normalized spacial score (nSPS) is 11.9. The molecule has 1 aromatic rings. The summed E-state index contributed by atoms with van der Waals surface area (Å²) in [5.74, 6) is 0.558. The van der Waals surface area contributed by atoms with E-state index in [1.54, 1.807) is 0 Å². The van der Waals surface area contributed by atoms with Crippen LogP contribution in [0.5, 0.6) is 0 Å². The fraction of sp³-hybridized carbons (Fsp3) is 0.571. The molecular formula is C14H24N2. The molecule has 90 valence electrons. The number of anilines is 1. The van der Waals surface area contributed by atoms with Gasteiger partial charge in [0.15, 0.2) is 0 Å². The van der Waals surface area contributed by atoms with Crippen molar-refractivity contribution in [2.45, 2.75) is 46.1 Å². The summed E-state index contributed by atoms with van der Waals surface area (Å²) < 4.78 is 0. The molecular weight excluding hydrogens is 196 g/mol. The summed E-state index contributed by atoms with van der Waals surface area (Å²) >= 11 is 0. The minimum atomic E-state index is -0.0552. The second-order valence-electron chi connectivity index (χ2n) is 5.44. The smallest absolute Gasteiger partial charge is 0.0439 e. The molecule has 1 rings (SSSR count). The highest BCUT2D eigenvalue weighted by molar-refractivity contribution is 5.54. The van der Waals surface area contributed by atoms with Gasteiger partial charge in [0.05, 0.1) is 0 Å². The average Bonchev–Trinajstić information content (AvgIpc) is 2.21. The van der Waals surface area contributed by atoms with Crippen molar-refractivity contribution in [3.05, 3.63) is 29.3 Å². The molecule has 3 N–H and O–H groups in total. The van der Waals surface area contributed by atoms with Gasteiger partial charge >= 0.3 is 0 Å². The van der Waals surface area contributed by atoms with Crippen LogP contribution in [0, 0.1) is 6.92 Å². The highest BCUT2D eigenvalue weighted by atomic mass is 15.0. The third-order valence-electron chi connectivity index (χ3n) is 2.91. The number of nitrogens with one attached hydrogen (secondary N) is 1. The summed E-state index contributed by atoms with van der Waals surface area (Å²) in [4.78, 5) is 0. The molecule has 0 aliphatic heterocycles. The molecule has 0 fully saturated rings. The molecule has 0 spiro atoms. The highest BCUT2D eigenvalue weighted by Crippen LogP contribution is 2.24. The Kier molecular flexibility index (Phi) is 3.98. The Balaban J connectivity index is 2.99. The summed E-state index contributed by atoms with van der Waals surface area (Å²) in [5, 5.41) is 3.51. The first-order valence-electron chi connectivity index (χ1n) is 5.94. The molecule has 0 atom stereocenters. The number of nitrogens with two attached hydrogens (primary N) is 1. The monoisotopic (exact) mass is 220 g/mol. The van der Waals surface area contributed by atoms with Gasteiger partial charge in [0.25, 0.3) is 0 Å². The van der Waals surface area contributed by atoms with Crippen molar-refractivity contribution in [3.63, 3.8) is 0 Å². The topological polar surface area (TPSA) is 38.0 Å². The van der Waals surface area contributed by atoms with Crippen molar-refractivity contribution in [1.29, 1.82) is 0 Å². The van der Waals surface area contributed by atoms with Gasteiger partial charge in [-0.05, 0) is 43.9 Å². The predicted octanol–water partition coefficient (Wildman–Crippen LogP) is 3.27. The number of hydrogen-bond acceptors (Lipinski definition) is 2. The molecule has 0 saturated carbocycles. The van der Waals surface area contributed by atoms with Gasteiger partial charge in [-0.1, -0.05) is 26.0 Å². The van der Waals surface area contributed by atoms with Crippen LogP contribution in [0.4, 0.5) is 5.69 Å². The first-order chi connectivity index (χ1) is 7.35. The molecule has 0 aliphatic carbocycles. The van der Waals surface area contributed by atoms with Gasteiger partial charge in [-0.3, -0.25) is 0 Å². The molecule has 0 heterocycles. The van der Waals surface area contributed by atoms with Gasteiger partial charge in [0.1, 0.15) is 0 Å². The number of aryl methyl sites for hydroxylation is 1. The molecule has 0 bridgehead atoms. The lowest BCUT2D eigenvalue weighted by molar-refractivity contribution is 0.579. The fourth-order valence-electron chi connectivity index (χ4n) is 1.55. The van der Waals surface area contributed by atoms with E-state index in [2.05, 4.69) is 58.1 Å². The lowest BCUT2D eigenvalue weighted by atomic mass is 9.98.